The lowest BCUT2D eigenvalue weighted by molar-refractivity contribution is 0.627. The van der Waals surface area contributed by atoms with Crippen molar-refractivity contribution in [2.24, 2.45) is 5.92 Å². The summed E-state index contributed by atoms with van der Waals surface area (Å²) in [6.07, 6.45) is 0.933. The molecule has 2 atom stereocenters. The maximum atomic E-state index is 12.5. The van der Waals surface area contributed by atoms with Gasteiger partial charge in [0, 0.05) is 5.92 Å². The topological polar surface area (TPSA) is 23.8 Å². The lowest BCUT2D eigenvalue weighted by Crippen LogP contribution is -1.81. The molecule has 1 saturated carbocycles. The van der Waals surface area contributed by atoms with E-state index < -0.39 is 0 Å². The zero-order valence-electron chi connectivity index (χ0n) is 6.50. The van der Waals surface area contributed by atoms with Gasteiger partial charge < -0.3 is 0 Å². The summed E-state index contributed by atoms with van der Waals surface area (Å²) in [7, 11) is 0. The third-order valence-corrected chi connectivity index (χ3v) is 2.25. The van der Waals surface area contributed by atoms with Crippen LogP contribution in [0.25, 0.3) is 0 Å². The molecule has 0 spiro atoms. The quantitative estimate of drug-likeness (QED) is 0.620. The number of hydrogen-bond acceptors (Lipinski definition) is 1. The van der Waals surface area contributed by atoms with E-state index >= 15 is 0 Å². The van der Waals surface area contributed by atoms with Crippen molar-refractivity contribution >= 4 is 0 Å². The Hall–Kier alpha value is -1.36. The molecular formula is C10H8FN. The van der Waals surface area contributed by atoms with Crippen LogP contribution in [-0.2, 0) is 0 Å². The van der Waals surface area contributed by atoms with Crippen LogP contribution in [-0.4, -0.2) is 0 Å². The number of benzene rings is 1. The van der Waals surface area contributed by atoms with E-state index in [1.54, 1.807) is 12.1 Å². The van der Waals surface area contributed by atoms with Crippen molar-refractivity contribution in [3.63, 3.8) is 0 Å². The van der Waals surface area contributed by atoms with Gasteiger partial charge in [-0.2, -0.15) is 5.26 Å². The summed E-state index contributed by atoms with van der Waals surface area (Å²) in [5, 5.41) is 8.57. The fourth-order valence-electron chi connectivity index (χ4n) is 1.42. The molecule has 0 N–H and O–H groups in total. The van der Waals surface area contributed by atoms with Gasteiger partial charge in [0.15, 0.2) is 0 Å². The minimum Gasteiger partial charge on any atom is -0.207 e. The fraction of sp³-hybridized carbons (Fsp3) is 0.300. The van der Waals surface area contributed by atoms with E-state index in [2.05, 4.69) is 6.07 Å². The summed E-state index contributed by atoms with van der Waals surface area (Å²) in [6.45, 7) is 0. The first kappa shape index (κ1) is 7.30. The third-order valence-electron chi connectivity index (χ3n) is 2.25. The van der Waals surface area contributed by atoms with Crippen molar-refractivity contribution in [2.75, 3.05) is 0 Å². The van der Waals surface area contributed by atoms with E-state index in [-0.39, 0.29) is 11.7 Å². The Balaban J connectivity index is 2.17. The number of nitriles is 1. The van der Waals surface area contributed by atoms with E-state index in [1.807, 2.05) is 0 Å². The summed E-state index contributed by atoms with van der Waals surface area (Å²) < 4.78 is 12.5. The van der Waals surface area contributed by atoms with Crippen LogP contribution in [0.3, 0.4) is 0 Å². The van der Waals surface area contributed by atoms with Crippen LogP contribution in [0.5, 0.6) is 0 Å². The van der Waals surface area contributed by atoms with Gasteiger partial charge in [0.25, 0.3) is 0 Å². The maximum absolute atomic E-state index is 12.5. The predicted octanol–water partition coefficient (Wildman–Crippen LogP) is 2.45. The first-order chi connectivity index (χ1) is 5.81. The van der Waals surface area contributed by atoms with Crippen LogP contribution >= 0.6 is 0 Å². The van der Waals surface area contributed by atoms with Crippen LogP contribution in [0.15, 0.2) is 24.3 Å². The molecule has 0 heterocycles. The van der Waals surface area contributed by atoms with Gasteiger partial charge in [0.2, 0.25) is 0 Å². The Morgan fingerprint density at radius 1 is 1.33 bits per heavy atom. The molecule has 0 bridgehead atoms. The largest absolute Gasteiger partial charge is 0.207 e. The fourth-order valence-corrected chi connectivity index (χ4v) is 1.42. The molecule has 1 aromatic rings. The van der Waals surface area contributed by atoms with Gasteiger partial charge >= 0.3 is 0 Å². The highest BCUT2D eigenvalue weighted by Crippen LogP contribution is 2.46. The molecule has 12 heavy (non-hydrogen) atoms. The Morgan fingerprint density at radius 3 is 2.50 bits per heavy atom. The van der Waals surface area contributed by atoms with Gasteiger partial charge in [-0.3, -0.25) is 0 Å². The average molecular weight is 161 g/mol. The molecule has 0 aliphatic heterocycles. The Kier molecular flexibility index (Phi) is 1.58. The third kappa shape index (κ3) is 1.18. The first-order valence-electron chi connectivity index (χ1n) is 3.96. The van der Waals surface area contributed by atoms with Crippen molar-refractivity contribution in [2.45, 2.75) is 12.3 Å². The molecule has 1 aliphatic carbocycles. The lowest BCUT2D eigenvalue weighted by atomic mass is 10.1. The Bertz CT molecular complexity index is 323. The molecule has 0 radical (unpaired) electrons. The second-order valence-electron chi connectivity index (χ2n) is 3.13. The molecule has 2 rings (SSSR count). The molecule has 1 nitrogen and oxygen atoms in total. The number of halogens is 1. The second kappa shape index (κ2) is 2.60. The van der Waals surface area contributed by atoms with E-state index in [9.17, 15) is 4.39 Å². The van der Waals surface area contributed by atoms with Crippen molar-refractivity contribution in [1.82, 2.24) is 0 Å². The first-order valence-corrected chi connectivity index (χ1v) is 3.96. The van der Waals surface area contributed by atoms with Crippen molar-refractivity contribution < 1.29 is 4.39 Å². The molecule has 2 heteroatoms. The van der Waals surface area contributed by atoms with E-state index in [4.69, 9.17) is 5.26 Å². The molecular weight excluding hydrogens is 153 g/mol. The number of hydrogen-bond donors (Lipinski definition) is 0. The highest BCUT2D eigenvalue weighted by atomic mass is 19.1. The zero-order valence-corrected chi connectivity index (χ0v) is 6.50. The molecule has 1 aromatic carbocycles. The van der Waals surface area contributed by atoms with Gasteiger partial charge in [-0.25, -0.2) is 4.39 Å². The van der Waals surface area contributed by atoms with Gasteiger partial charge in [0.1, 0.15) is 5.82 Å². The summed E-state index contributed by atoms with van der Waals surface area (Å²) >= 11 is 0. The highest BCUT2D eigenvalue weighted by molar-refractivity contribution is 5.29. The summed E-state index contributed by atoms with van der Waals surface area (Å²) in [5.41, 5.74) is 1.09. The SMILES string of the molecule is N#CC1CC1c1ccc(F)cc1. The molecule has 0 saturated heterocycles. The molecule has 0 amide bonds. The van der Waals surface area contributed by atoms with Crippen molar-refractivity contribution in [1.29, 1.82) is 5.26 Å². The van der Waals surface area contributed by atoms with Gasteiger partial charge in [-0.15, -0.1) is 0 Å². The van der Waals surface area contributed by atoms with Crippen LogP contribution in [0, 0.1) is 23.1 Å². The molecule has 60 valence electrons. The Labute approximate surface area is 70.4 Å². The number of rotatable bonds is 1. The van der Waals surface area contributed by atoms with Crippen LogP contribution in [0.1, 0.15) is 17.9 Å². The van der Waals surface area contributed by atoms with Crippen LogP contribution < -0.4 is 0 Å². The smallest absolute Gasteiger partial charge is 0.123 e. The minimum absolute atomic E-state index is 0.162. The van der Waals surface area contributed by atoms with Gasteiger partial charge in [-0.05, 0) is 24.1 Å². The van der Waals surface area contributed by atoms with Crippen molar-refractivity contribution in [3.8, 4) is 6.07 Å². The lowest BCUT2D eigenvalue weighted by Gasteiger charge is -1.95. The summed E-state index contributed by atoms with van der Waals surface area (Å²) in [6, 6.07) is 8.62. The van der Waals surface area contributed by atoms with Crippen LogP contribution in [0.2, 0.25) is 0 Å². The monoisotopic (exact) mass is 161 g/mol. The standard InChI is InChI=1S/C10H8FN/c11-9-3-1-7(2-4-9)10-5-8(10)6-12/h1-4,8,10H,5H2. The van der Waals surface area contributed by atoms with E-state index in [0.29, 0.717) is 5.92 Å². The Morgan fingerprint density at radius 2 is 2.00 bits per heavy atom. The predicted molar refractivity (Wildman–Crippen MR) is 42.9 cm³/mol. The number of nitrogens with zero attached hydrogens (tertiary/aromatic N) is 1. The van der Waals surface area contributed by atoms with E-state index in [0.717, 1.165) is 12.0 Å². The maximum Gasteiger partial charge on any atom is 0.123 e. The van der Waals surface area contributed by atoms with Crippen LogP contribution in [0.4, 0.5) is 4.39 Å². The van der Waals surface area contributed by atoms with Gasteiger partial charge in [-0.1, -0.05) is 12.1 Å². The zero-order chi connectivity index (χ0) is 8.55. The molecule has 1 fully saturated rings. The van der Waals surface area contributed by atoms with Gasteiger partial charge in [0.05, 0.1) is 12.0 Å². The minimum atomic E-state index is -0.215. The highest BCUT2D eigenvalue weighted by Gasteiger charge is 2.38. The van der Waals surface area contributed by atoms with Crippen molar-refractivity contribution in [3.05, 3.63) is 35.6 Å². The molecule has 2 unspecified atom stereocenters. The normalized spacial score (nSPS) is 26.3. The van der Waals surface area contributed by atoms with E-state index in [1.165, 1.54) is 12.1 Å². The second-order valence-corrected chi connectivity index (χ2v) is 3.13. The summed E-state index contributed by atoms with van der Waals surface area (Å²) in [4.78, 5) is 0. The molecule has 1 aliphatic rings. The molecule has 0 aromatic heterocycles. The average Bonchev–Trinajstić information content (AvgIpc) is 2.85. The summed E-state index contributed by atoms with van der Waals surface area (Å²) in [5.74, 6) is 0.305.